The molecule has 0 unspecified atom stereocenters. The predicted octanol–water partition coefficient (Wildman–Crippen LogP) is 4.70. The Labute approximate surface area is 151 Å². The topological polar surface area (TPSA) is 70.7 Å². The maximum absolute atomic E-state index is 12.8. The summed E-state index contributed by atoms with van der Waals surface area (Å²) >= 11 is 6.16. The second-order valence-electron chi connectivity index (χ2n) is 5.42. The fraction of sp³-hybridized carbons (Fsp3) is 0.118. The first kappa shape index (κ1) is 17.9. The van der Waals surface area contributed by atoms with E-state index >= 15 is 0 Å². The number of H-pyrrole nitrogens is 1. The van der Waals surface area contributed by atoms with Crippen LogP contribution in [0.2, 0.25) is 5.02 Å². The number of rotatable bonds is 3. The molecule has 26 heavy (non-hydrogen) atoms. The number of nitrogens with zero attached hydrogens (tertiary/aromatic N) is 2. The molecule has 134 valence electrons. The largest absolute Gasteiger partial charge is 0.416 e. The van der Waals surface area contributed by atoms with Crippen LogP contribution in [-0.4, -0.2) is 21.1 Å². The zero-order valence-corrected chi connectivity index (χ0v) is 14.1. The van der Waals surface area contributed by atoms with Gasteiger partial charge in [0.1, 0.15) is 5.82 Å². The van der Waals surface area contributed by atoms with Crippen molar-refractivity contribution in [3.8, 4) is 11.3 Å². The lowest BCUT2D eigenvalue weighted by molar-refractivity contribution is -0.137. The number of pyridine rings is 1. The summed E-state index contributed by atoms with van der Waals surface area (Å²) in [5.41, 5.74) is 0.578. The minimum atomic E-state index is -4.53. The average Bonchev–Trinajstić information content (AvgIpc) is 2.96. The van der Waals surface area contributed by atoms with E-state index in [9.17, 15) is 18.0 Å². The van der Waals surface area contributed by atoms with Crippen LogP contribution in [0.3, 0.4) is 0 Å². The third-order valence-electron chi connectivity index (χ3n) is 3.65. The van der Waals surface area contributed by atoms with E-state index in [2.05, 4.69) is 20.5 Å². The number of aromatic nitrogens is 3. The summed E-state index contributed by atoms with van der Waals surface area (Å²) in [6, 6.07) is 8.43. The summed E-state index contributed by atoms with van der Waals surface area (Å²) in [7, 11) is 0. The summed E-state index contributed by atoms with van der Waals surface area (Å²) in [5, 5.41) is 9.53. The van der Waals surface area contributed by atoms with Crippen molar-refractivity contribution in [2.24, 2.45) is 0 Å². The van der Waals surface area contributed by atoms with E-state index in [1.165, 1.54) is 0 Å². The monoisotopic (exact) mass is 380 g/mol. The second kappa shape index (κ2) is 6.80. The molecule has 0 aliphatic heterocycles. The molecule has 5 nitrogen and oxygen atoms in total. The van der Waals surface area contributed by atoms with Gasteiger partial charge in [-0.05, 0) is 25.1 Å². The van der Waals surface area contributed by atoms with E-state index in [1.807, 2.05) is 0 Å². The molecule has 0 radical (unpaired) electrons. The highest BCUT2D eigenvalue weighted by Gasteiger charge is 2.31. The Morgan fingerprint density at radius 2 is 1.96 bits per heavy atom. The summed E-state index contributed by atoms with van der Waals surface area (Å²) in [6.07, 6.45) is -3.55. The number of aromatic amines is 1. The first-order valence-corrected chi connectivity index (χ1v) is 7.79. The number of hydrogen-bond acceptors (Lipinski definition) is 3. The van der Waals surface area contributed by atoms with E-state index in [0.717, 1.165) is 18.3 Å². The molecule has 0 aliphatic carbocycles. The van der Waals surface area contributed by atoms with Crippen LogP contribution in [0.25, 0.3) is 11.3 Å². The number of halogens is 4. The Morgan fingerprint density at radius 3 is 2.65 bits per heavy atom. The Kier molecular flexibility index (Phi) is 4.69. The molecule has 0 saturated carbocycles. The van der Waals surface area contributed by atoms with Gasteiger partial charge < -0.3 is 5.32 Å². The molecular formula is C17H12ClF3N4O. The van der Waals surface area contributed by atoms with Crippen molar-refractivity contribution in [1.29, 1.82) is 0 Å². The lowest BCUT2D eigenvalue weighted by Gasteiger charge is -2.10. The fourth-order valence-corrected chi connectivity index (χ4v) is 2.65. The van der Waals surface area contributed by atoms with Gasteiger partial charge in [-0.2, -0.15) is 18.3 Å². The van der Waals surface area contributed by atoms with Crippen LogP contribution < -0.4 is 5.32 Å². The number of aryl methyl sites for hydroxylation is 1. The molecular weight excluding hydrogens is 369 g/mol. The van der Waals surface area contributed by atoms with Crippen molar-refractivity contribution in [3.63, 3.8) is 0 Å². The van der Waals surface area contributed by atoms with Crippen LogP contribution in [0.1, 0.15) is 21.6 Å². The molecule has 2 N–H and O–H groups in total. The van der Waals surface area contributed by atoms with Crippen LogP contribution in [0, 0.1) is 6.92 Å². The molecule has 2 heterocycles. The number of amides is 1. The van der Waals surface area contributed by atoms with Gasteiger partial charge in [0.25, 0.3) is 5.91 Å². The van der Waals surface area contributed by atoms with Crippen molar-refractivity contribution in [2.45, 2.75) is 13.1 Å². The summed E-state index contributed by atoms with van der Waals surface area (Å²) in [6.45, 7) is 1.60. The molecule has 9 heteroatoms. The molecule has 1 amide bonds. The number of alkyl halides is 3. The van der Waals surface area contributed by atoms with Crippen molar-refractivity contribution in [2.75, 3.05) is 5.32 Å². The summed E-state index contributed by atoms with van der Waals surface area (Å²) < 4.78 is 38.4. The predicted molar refractivity (Wildman–Crippen MR) is 91.0 cm³/mol. The van der Waals surface area contributed by atoms with Crippen molar-refractivity contribution >= 4 is 23.3 Å². The van der Waals surface area contributed by atoms with Gasteiger partial charge in [-0.3, -0.25) is 9.89 Å². The standard InChI is InChI=1S/C17H12ClF3N4O/c1-9-14(15(25-24-9)11-4-2-3-5-12(11)18)16(26)23-13-8-10(6-7-22-13)17(19,20)21/h2-8H,1H3,(H,24,25)(H,22,23,26). The summed E-state index contributed by atoms with van der Waals surface area (Å²) in [4.78, 5) is 16.4. The van der Waals surface area contributed by atoms with Gasteiger partial charge in [0.15, 0.2) is 0 Å². The minimum absolute atomic E-state index is 0.178. The molecule has 0 spiro atoms. The summed E-state index contributed by atoms with van der Waals surface area (Å²) in [5.74, 6) is -0.853. The van der Waals surface area contributed by atoms with Gasteiger partial charge in [-0.25, -0.2) is 4.98 Å². The zero-order valence-electron chi connectivity index (χ0n) is 13.4. The number of carbonyl (C=O) groups excluding carboxylic acids is 1. The highest BCUT2D eigenvalue weighted by Crippen LogP contribution is 2.32. The highest BCUT2D eigenvalue weighted by molar-refractivity contribution is 6.33. The smallest absolute Gasteiger partial charge is 0.306 e. The molecule has 0 saturated heterocycles. The second-order valence-corrected chi connectivity index (χ2v) is 5.83. The maximum atomic E-state index is 12.8. The van der Waals surface area contributed by atoms with Crippen LogP contribution in [0.5, 0.6) is 0 Å². The number of anilines is 1. The van der Waals surface area contributed by atoms with E-state index < -0.39 is 17.6 Å². The van der Waals surface area contributed by atoms with Gasteiger partial charge in [0.2, 0.25) is 0 Å². The third kappa shape index (κ3) is 3.55. The Balaban J connectivity index is 1.95. The maximum Gasteiger partial charge on any atom is 0.416 e. The normalized spacial score (nSPS) is 11.4. The Bertz CT molecular complexity index is 969. The Morgan fingerprint density at radius 1 is 1.23 bits per heavy atom. The van der Waals surface area contributed by atoms with Crippen LogP contribution >= 0.6 is 11.6 Å². The number of hydrogen-bond donors (Lipinski definition) is 2. The molecule has 0 bridgehead atoms. The molecule has 1 aromatic carbocycles. The fourth-order valence-electron chi connectivity index (χ4n) is 2.42. The van der Waals surface area contributed by atoms with Crippen molar-refractivity contribution < 1.29 is 18.0 Å². The number of benzene rings is 1. The van der Waals surface area contributed by atoms with E-state index in [0.29, 0.717) is 22.0 Å². The van der Waals surface area contributed by atoms with Gasteiger partial charge in [-0.15, -0.1) is 0 Å². The first-order chi connectivity index (χ1) is 12.3. The third-order valence-corrected chi connectivity index (χ3v) is 3.98. The van der Waals surface area contributed by atoms with Crippen LogP contribution in [0.4, 0.5) is 19.0 Å². The van der Waals surface area contributed by atoms with Crippen LogP contribution in [0.15, 0.2) is 42.6 Å². The molecule has 0 atom stereocenters. The Hall–Kier alpha value is -2.87. The molecule has 0 aliphatic rings. The number of nitrogens with one attached hydrogen (secondary N) is 2. The lowest BCUT2D eigenvalue weighted by Crippen LogP contribution is -2.15. The molecule has 0 fully saturated rings. The van der Waals surface area contributed by atoms with Crippen molar-refractivity contribution in [3.05, 3.63) is 64.4 Å². The highest BCUT2D eigenvalue weighted by atomic mass is 35.5. The van der Waals surface area contributed by atoms with Gasteiger partial charge >= 0.3 is 6.18 Å². The quantitative estimate of drug-likeness (QED) is 0.691. The van der Waals surface area contributed by atoms with E-state index in [4.69, 9.17) is 11.6 Å². The molecule has 3 rings (SSSR count). The van der Waals surface area contributed by atoms with Crippen molar-refractivity contribution in [1.82, 2.24) is 15.2 Å². The molecule has 3 aromatic rings. The zero-order chi connectivity index (χ0) is 18.9. The van der Waals surface area contributed by atoms with Gasteiger partial charge in [-0.1, -0.05) is 29.8 Å². The van der Waals surface area contributed by atoms with Gasteiger partial charge in [0.05, 0.1) is 22.5 Å². The lowest BCUT2D eigenvalue weighted by atomic mass is 10.1. The minimum Gasteiger partial charge on any atom is -0.306 e. The average molecular weight is 381 g/mol. The van der Waals surface area contributed by atoms with Crippen LogP contribution in [-0.2, 0) is 6.18 Å². The van der Waals surface area contributed by atoms with Gasteiger partial charge in [0, 0.05) is 16.8 Å². The number of carbonyl (C=O) groups is 1. The first-order valence-electron chi connectivity index (χ1n) is 7.42. The van der Waals surface area contributed by atoms with E-state index in [1.54, 1.807) is 31.2 Å². The molecule has 2 aromatic heterocycles. The SMILES string of the molecule is Cc1n[nH]c(-c2ccccc2Cl)c1C(=O)Nc1cc(C(F)(F)F)ccn1. The van der Waals surface area contributed by atoms with E-state index in [-0.39, 0.29) is 11.4 Å².